The monoisotopic (exact) mass is 244 g/mol. The van der Waals surface area contributed by atoms with Crippen LogP contribution in [-0.4, -0.2) is 31.0 Å². The van der Waals surface area contributed by atoms with Gasteiger partial charge in [-0.1, -0.05) is 0 Å². The molecule has 1 atom stereocenters. The van der Waals surface area contributed by atoms with Crippen LogP contribution in [0.15, 0.2) is 18.3 Å². The molecule has 1 saturated heterocycles. The number of carbonyl (C=O) groups is 1. The van der Waals surface area contributed by atoms with Crippen molar-refractivity contribution in [3.63, 3.8) is 0 Å². The van der Waals surface area contributed by atoms with E-state index in [1.54, 1.807) is 13.2 Å². The fourth-order valence-electron chi connectivity index (χ4n) is 2.35. The van der Waals surface area contributed by atoms with Crippen LogP contribution in [0.3, 0.4) is 0 Å². The highest BCUT2D eigenvalue weighted by molar-refractivity contribution is 5.79. The van der Waals surface area contributed by atoms with Gasteiger partial charge in [0.15, 0.2) is 5.69 Å². The van der Waals surface area contributed by atoms with Gasteiger partial charge in [-0.2, -0.15) is 5.26 Å². The lowest BCUT2D eigenvalue weighted by molar-refractivity contribution is -0.124. The van der Waals surface area contributed by atoms with E-state index in [-0.39, 0.29) is 11.8 Å². The summed E-state index contributed by atoms with van der Waals surface area (Å²) in [6.07, 6.45) is 3.47. The summed E-state index contributed by atoms with van der Waals surface area (Å²) in [7, 11) is 1.66. The first kappa shape index (κ1) is 12.4. The summed E-state index contributed by atoms with van der Waals surface area (Å²) in [6, 6.07) is 5.80. The SMILES string of the molecule is CNC(=O)C1CCCN(c2cccnc2C#N)C1. The Balaban J connectivity index is 2.18. The lowest BCUT2D eigenvalue weighted by Crippen LogP contribution is -2.42. The van der Waals surface area contributed by atoms with Gasteiger partial charge in [0.1, 0.15) is 6.07 Å². The van der Waals surface area contributed by atoms with Crippen LogP contribution in [0.1, 0.15) is 18.5 Å². The number of piperidine rings is 1. The topological polar surface area (TPSA) is 69.0 Å². The third-order valence-corrected chi connectivity index (χ3v) is 3.27. The van der Waals surface area contributed by atoms with Crippen molar-refractivity contribution >= 4 is 11.6 Å². The van der Waals surface area contributed by atoms with Gasteiger partial charge in [0, 0.05) is 26.3 Å². The van der Waals surface area contributed by atoms with Gasteiger partial charge in [0.2, 0.25) is 5.91 Å². The van der Waals surface area contributed by atoms with E-state index in [2.05, 4.69) is 21.3 Å². The minimum Gasteiger partial charge on any atom is -0.368 e. The molecule has 0 saturated carbocycles. The Bertz CT molecular complexity index is 480. The van der Waals surface area contributed by atoms with E-state index in [9.17, 15) is 4.79 Å². The molecule has 1 fully saturated rings. The molecule has 2 rings (SSSR count). The Morgan fingerprint density at radius 1 is 1.67 bits per heavy atom. The zero-order valence-electron chi connectivity index (χ0n) is 10.4. The molecule has 1 aromatic heterocycles. The molecule has 5 nitrogen and oxygen atoms in total. The van der Waals surface area contributed by atoms with E-state index in [1.165, 1.54) is 0 Å². The molecule has 2 heterocycles. The highest BCUT2D eigenvalue weighted by atomic mass is 16.1. The molecule has 0 aliphatic carbocycles. The molecule has 18 heavy (non-hydrogen) atoms. The standard InChI is InChI=1S/C13H16N4O/c1-15-13(18)10-4-3-7-17(9-10)12-5-2-6-16-11(12)8-14/h2,5-6,10H,3-4,7,9H2,1H3,(H,15,18). The van der Waals surface area contributed by atoms with Crippen molar-refractivity contribution in [2.24, 2.45) is 5.92 Å². The van der Waals surface area contributed by atoms with Crippen molar-refractivity contribution in [2.75, 3.05) is 25.0 Å². The van der Waals surface area contributed by atoms with Crippen LogP contribution in [0.5, 0.6) is 0 Å². The van der Waals surface area contributed by atoms with Gasteiger partial charge in [-0.05, 0) is 25.0 Å². The lowest BCUT2D eigenvalue weighted by Gasteiger charge is -2.33. The Morgan fingerprint density at radius 2 is 2.50 bits per heavy atom. The number of carbonyl (C=O) groups excluding carboxylic acids is 1. The first-order valence-corrected chi connectivity index (χ1v) is 6.08. The van der Waals surface area contributed by atoms with Gasteiger partial charge in [0.05, 0.1) is 11.6 Å². The summed E-state index contributed by atoms with van der Waals surface area (Å²) in [5.41, 5.74) is 1.25. The van der Waals surface area contributed by atoms with E-state index in [0.29, 0.717) is 12.2 Å². The number of nitriles is 1. The van der Waals surface area contributed by atoms with Crippen molar-refractivity contribution in [3.05, 3.63) is 24.0 Å². The predicted molar refractivity (Wildman–Crippen MR) is 68.0 cm³/mol. The van der Waals surface area contributed by atoms with Crippen LogP contribution < -0.4 is 10.2 Å². The van der Waals surface area contributed by atoms with E-state index in [1.807, 2.05) is 12.1 Å². The van der Waals surface area contributed by atoms with Gasteiger partial charge in [-0.15, -0.1) is 0 Å². The number of amides is 1. The molecule has 0 aromatic carbocycles. The predicted octanol–water partition coefficient (Wildman–Crippen LogP) is 0.916. The average molecular weight is 244 g/mol. The number of hydrogen-bond acceptors (Lipinski definition) is 4. The Morgan fingerprint density at radius 3 is 3.22 bits per heavy atom. The van der Waals surface area contributed by atoms with Crippen LogP contribution in [0.4, 0.5) is 5.69 Å². The third kappa shape index (κ3) is 2.43. The number of nitrogens with one attached hydrogen (secondary N) is 1. The van der Waals surface area contributed by atoms with Gasteiger partial charge in [-0.3, -0.25) is 4.79 Å². The maximum Gasteiger partial charge on any atom is 0.224 e. The molecule has 94 valence electrons. The highest BCUT2D eigenvalue weighted by Gasteiger charge is 2.26. The van der Waals surface area contributed by atoms with Crippen LogP contribution >= 0.6 is 0 Å². The minimum atomic E-state index is -0.00417. The molecule has 1 aliphatic heterocycles. The van der Waals surface area contributed by atoms with E-state index >= 15 is 0 Å². The molecule has 0 radical (unpaired) electrons. The van der Waals surface area contributed by atoms with Gasteiger partial charge >= 0.3 is 0 Å². The lowest BCUT2D eigenvalue weighted by atomic mass is 9.96. The first-order valence-electron chi connectivity index (χ1n) is 6.08. The first-order chi connectivity index (χ1) is 8.76. The van der Waals surface area contributed by atoms with Crippen molar-refractivity contribution in [3.8, 4) is 6.07 Å². The molecular formula is C13H16N4O. The third-order valence-electron chi connectivity index (χ3n) is 3.27. The Hall–Kier alpha value is -2.09. The van der Waals surface area contributed by atoms with Gasteiger partial charge < -0.3 is 10.2 Å². The summed E-state index contributed by atoms with van der Waals surface area (Å²) in [5.74, 6) is 0.0672. The summed E-state index contributed by atoms with van der Waals surface area (Å²) in [6.45, 7) is 1.52. The van der Waals surface area contributed by atoms with Crippen molar-refractivity contribution < 1.29 is 4.79 Å². The molecule has 1 unspecified atom stereocenters. The molecule has 0 bridgehead atoms. The van der Waals surface area contributed by atoms with Gasteiger partial charge in [-0.25, -0.2) is 4.98 Å². The Kier molecular flexibility index (Phi) is 3.78. The molecular weight excluding hydrogens is 228 g/mol. The van der Waals surface area contributed by atoms with E-state index in [0.717, 1.165) is 25.1 Å². The van der Waals surface area contributed by atoms with Gasteiger partial charge in [0.25, 0.3) is 0 Å². The molecule has 0 spiro atoms. The average Bonchev–Trinajstić information content (AvgIpc) is 2.46. The van der Waals surface area contributed by atoms with Crippen molar-refractivity contribution in [1.29, 1.82) is 5.26 Å². The number of nitrogens with zero attached hydrogens (tertiary/aromatic N) is 3. The molecule has 5 heteroatoms. The highest BCUT2D eigenvalue weighted by Crippen LogP contribution is 2.24. The summed E-state index contributed by atoms with van der Waals surface area (Å²) >= 11 is 0. The zero-order valence-corrected chi connectivity index (χ0v) is 10.4. The van der Waals surface area contributed by atoms with Crippen LogP contribution in [-0.2, 0) is 4.79 Å². The van der Waals surface area contributed by atoms with Crippen molar-refractivity contribution in [1.82, 2.24) is 10.3 Å². The fourth-order valence-corrected chi connectivity index (χ4v) is 2.35. The molecule has 1 aromatic rings. The molecule has 1 N–H and O–H groups in total. The van der Waals surface area contributed by atoms with E-state index in [4.69, 9.17) is 5.26 Å². The second-order valence-electron chi connectivity index (χ2n) is 4.38. The second-order valence-corrected chi connectivity index (χ2v) is 4.38. The normalized spacial score (nSPS) is 19.1. The summed E-state index contributed by atoms with van der Waals surface area (Å²) in [5, 5.41) is 11.7. The smallest absolute Gasteiger partial charge is 0.224 e. The number of aromatic nitrogens is 1. The maximum absolute atomic E-state index is 11.7. The molecule has 1 aliphatic rings. The zero-order chi connectivity index (χ0) is 13.0. The largest absolute Gasteiger partial charge is 0.368 e. The molecule has 1 amide bonds. The number of anilines is 1. The minimum absolute atomic E-state index is 0.00417. The van der Waals surface area contributed by atoms with Crippen LogP contribution in [0.2, 0.25) is 0 Å². The van der Waals surface area contributed by atoms with Crippen LogP contribution in [0, 0.1) is 17.2 Å². The quantitative estimate of drug-likeness (QED) is 0.839. The Labute approximate surface area is 106 Å². The number of hydrogen-bond donors (Lipinski definition) is 1. The van der Waals surface area contributed by atoms with Crippen LogP contribution in [0.25, 0.3) is 0 Å². The number of pyridine rings is 1. The summed E-state index contributed by atoms with van der Waals surface area (Å²) < 4.78 is 0. The number of rotatable bonds is 2. The summed E-state index contributed by atoms with van der Waals surface area (Å²) in [4.78, 5) is 17.8. The van der Waals surface area contributed by atoms with Crippen molar-refractivity contribution in [2.45, 2.75) is 12.8 Å². The fraction of sp³-hybridized carbons (Fsp3) is 0.462. The van der Waals surface area contributed by atoms with E-state index < -0.39 is 0 Å². The maximum atomic E-state index is 11.7. The second kappa shape index (κ2) is 5.50.